The van der Waals surface area contributed by atoms with Crippen LogP contribution in [0.2, 0.25) is 0 Å². The van der Waals surface area contributed by atoms with E-state index in [2.05, 4.69) is 15.5 Å². The van der Waals surface area contributed by atoms with Crippen LogP contribution in [0.25, 0.3) is 11.4 Å². The van der Waals surface area contributed by atoms with E-state index >= 15 is 0 Å². The molecule has 1 heterocycles. The fraction of sp³-hybridized carbons (Fsp3) is 0.286. The molecule has 2 aromatic carbocycles. The van der Waals surface area contributed by atoms with Crippen LogP contribution in [0.5, 0.6) is 0 Å². The van der Waals surface area contributed by atoms with Gasteiger partial charge in [-0.25, -0.2) is 0 Å². The number of halogens is 3. The lowest BCUT2D eigenvalue weighted by molar-refractivity contribution is -0.137. The van der Waals surface area contributed by atoms with E-state index < -0.39 is 17.8 Å². The van der Waals surface area contributed by atoms with Crippen molar-refractivity contribution in [2.45, 2.75) is 32.5 Å². The van der Waals surface area contributed by atoms with Gasteiger partial charge < -0.3 is 9.84 Å². The molecule has 0 spiro atoms. The highest BCUT2D eigenvalue weighted by molar-refractivity contribution is 5.94. The molecule has 1 N–H and O–H groups in total. The third-order valence-corrected chi connectivity index (χ3v) is 4.69. The molecule has 29 heavy (non-hydrogen) atoms. The van der Waals surface area contributed by atoms with Gasteiger partial charge in [-0.2, -0.15) is 18.2 Å². The fourth-order valence-electron chi connectivity index (χ4n) is 2.81. The number of hydrogen-bond donors (Lipinski definition) is 1. The van der Waals surface area contributed by atoms with Crippen LogP contribution < -0.4 is 5.32 Å². The summed E-state index contributed by atoms with van der Waals surface area (Å²) in [5.74, 6) is -0.142. The van der Waals surface area contributed by atoms with Crippen molar-refractivity contribution in [1.29, 1.82) is 0 Å². The molecule has 2 atom stereocenters. The molecular formula is C21H20F3N3O2. The molecule has 0 aliphatic carbocycles. The zero-order valence-electron chi connectivity index (χ0n) is 15.9. The topological polar surface area (TPSA) is 68.0 Å². The molecule has 0 unspecified atom stereocenters. The average molecular weight is 403 g/mol. The first-order chi connectivity index (χ1) is 13.8. The Kier molecular flexibility index (Phi) is 6.00. The standard InChI is InChI=1S/C21H20F3N3O2/c1-3-13(2)17(25-19(28)14-8-5-4-6-9-14)20-26-18(27-29-20)15-10-7-11-16(12-15)21(22,23)24/h4-13,17H,3H2,1-2H3,(H,25,28)/t13-,17+/m0/s1. The van der Waals surface area contributed by atoms with E-state index in [1.807, 2.05) is 19.9 Å². The first-order valence-corrected chi connectivity index (χ1v) is 9.16. The molecule has 3 rings (SSSR count). The Bertz CT molecular complexity index is 971. The van der Waals surface area contributed by atoms with Gasteiger partial charge in [-0.15, -0.1) is 0 Å². The van der Waals surface area contributed by atoms with Gasteiger partial charge in [0.25, 0.3) is 5.91 Å². The third kappa shape index (κ3) is 4.82. The number of carbonyl (C=O) groups excluding carboxylic acids is 1. The zero-order chi connectivity index (χ0) is 21.0. The molecule has 3 aromatic rings. The first-order valence-electron chi connectivity index (χ1n) is 9.16. The van der Waals surface area contributed by atoms with Crippen LogP contribution in [0.15, 0.2) is 59.1 Å². The van der Waals surface area contributed by atoms with Crippen molar-refractivity contribution < 1.29 is 22.5 Å². The molecule has 1 aromatic heterocycles. The Balaban J connectivity index is 1.88. The van der Waals surface area contributed by atoms with E-state index in [0.717, 1.165) is 18.6 Å². The second kappa shape index (κ2) is 8.46. The van der Waals surface area contributed by atoms with Crippen molar-refractivity contribution in [3.63, 3.8) is 0 Å². The van der Waals surface area contributed by atoms with Crippen LogP contribution in [0.1, 0.15) is 48.1 Å². The van der Waals surface area contributed by atoms with E-state index in [-0.39, 0.29) is 29.1 Å². The number of rotatable bonds is 6. The Labute approximate surface area is 165 Å². The maximum Gasteiger partial charge on any atom is 0.416 e. The molecule has 1 amide bonds. The maximum atomic E-state index is 13.0. The number of amides is 1. The lowest BCUT2D eigenvalue weighted by atomic mass is 9.98. The minimum absolute atomic E-state index is 0.0301. The highest BCUT2D eigenvalue weighted by atomic mass is 19.4. The van der Waals surface area contributed by atoms with Gasteiger partial charge >= 0.3 is 6.18 Å². The number of nitrogens with one attached hydrogen (secondary N) is 1. The van der Waals surface area contributed by atoms with Gasteiger partial charge in [-0.1, -0.05) is 55.8 Å². The molecule has 5 nitrogen and oxygen atoms in total. The Morgan fingerprint density at radius 2 is 1.86 bits per heavy atom. The van der Waals surface area contributed by atoms with Crippen LogP contribution in [0.3, 0.4) is 0 Å². The van der Waals surface area contributed by atoms with Crippen LogP contribution in [0, 0.1) is 5.92 Å². The highest BCUT2D eigenvalue weighted by Crippen LogP contribution is 2.32. The van der Waals surface area contributed by atoms with E-state index in [4.69, 9.17) is 4.52 Å². The summed E-state index contributed by atoms with van der Waals surface area (Å²) in [6.45, 7) is 3.88. The fourth-order valence-corrected chi connectivity index (χ4v) is 2.81. The van der Waals surface area contributed by atoms with E-state index in [1.54, 1.807) is 24.3 Å². The second-order valence-corrected chi connectivity index (χ2v) is 6.74. The highest BCUT2D eigenvalue weighted by Gasteiger charge is 2.31. The minimum Gasteiger partial charge on any atom is -0.340 e. The number of aromatic nitrogens is 2. The predicted octanol–water partition coefficient (Wildman–Crippen LogP) is 5.27. The van der Waals surface area contributed by atoms with Gasteiger partial charge in [-0.3, -0.25) is 4.79 Å². The van der Waals surface area contributed by atoms with Crippen molar-refractivity contribution in [3.8, 4) is 11.4 Å². The lowest BCUT2D eigenvalue weighted by Gasteiger charge is -2.20. The summed E-state index contributed by atoms with van der Waals surface area (Å²) in [5.41, 5.74) is -0.122. The molecule has 0 fully saturated rings. The van der Waals surface area contributed by atoms with Crippen LogP contribution in [0.4, 0.5) is 13.2 Å². The van der Waals surface area contributed by atoms with E-state index in [1.165, 1.54) is 12.1 Å². The lowest BCUT2D eigenvalue weighted by Crippen LogP contribution is -2.32. The largest absolute Gasteiger partial charge is 0.416 e. The predicted molar refractivity (Wildman–Crippen MR) is 101 cm³/mol. The van der Waals surface area contributed by atoms with Crippen molar-refractivity contribution in [1.82, 2.24) is 15.5 Å². The van der Waals surface area contributed by atoms with Gasteiger partial charge in [0.2, 0.25) is 11.7 Å². The number of nitrogens with zero attached hydrogens (tertiary/aromatic N) is 2. The van der Waals surface area contributed by atoms with Crippen molar-refractivity contribution in [2.24, 2.45) is 5.92 Å². The van der Waals surface area contributed by atoms with Gasteiger partial charge in [-0.05, 0) is 30.2 Å². The summed E-state index contributed by atoms with van der Waals surface area (Å²) in [7, 11) is 0. The van der Waals surface area contributed by atoms with Crippen LogP contribution in [-0.2, 0) is 6.18 Å². The van der Waals surface area contributed by atoms with Gasteiger partial charge in [0.05, 0.1) is 5.56 Å². The quantitative estimate of drug-likeness (QED) is 0.609. The first kappa shape index (κ1) is 20.6. The summed E-state index contributed by atoms with van der Waals surface area (Å²) in [6, 6.07) is 12.8. The third-order valence-electron chi connectivity index (χ3n) is 4.69. The van der Waals surface area contributed by atoms with Crippen LogP contribution in [-0.4, -0.2) is 16.0 Å². The maximum absolute atomic E-state index is 13.0. The molecule has 0 aliphatic rings. The number of alkyl halides is 3. The number of carbonyl (C=O) groups is 1. The molecule has 0 aliphatic heterocycles. The summed E-state index contributed by atoms with van der Waals surface area (Å²) in [4.78, 5) is 16.8. The smallest absolute Gasteiger partial charge is 0.340 e. The number of benzene rings is 2. The van der Waals surface area contributed by atoms with Gasteiger partial charge in [0, 0.05) is 11.1 Å². The molecular weight excluding hydrogens is 383 g/mol. The average Bonchev–Trinajstić information content (AvgIpc) is 3.21. The monoisotopic (exact) mass is 403 g/mol. The van der Waals surface area contributed by atoms with Gasteiger partial charge in [0.1, 0.15) is 6.04 Å². The summed E-state index contributed by atoms with van der Waals surface area (Å²) in [6.07, 6.45) is -3.74. The van der Waals surface area contributed by atoms with Gasteiger partial charge in [0.15, 0.2) is 0 Å². The normalized spacial score (nSPS) is 13.7. The van der Waals surface area contributed by atoms with E-state index in [0.29, 0.717) is 5.56 Å². The molecule has 152 valence electrons. The minimum atomic E-state index is -4.47. The van der Waals surface area contributed by atoms with E-state index in [9.17, 15) is 18.0 Å². The SMILES string of the molecule is CC[C@H](C)[C@@H](NC(=O)c1ccccc1)c1nc(-c2cccc(C(F)(F)F)c2)no1. The molecule has 8 heteroatoms. The number of hydrogen-bond acceptors (Lipinski definition) is 4. The molecule has 0 bridgehead atoms. The van der Waals surface area contributed by atoms with Crippen LogP contribution >= 0.6 is 0 Å². The summed E-state index contributed by atoms with van der Waals surface area (Å²) < 4.78 is 44.2. The molecule has 0 saturated carbocycles. The zero-order valence-corrected chi connectivity index (χ0v) is 15.9. The summed E-state index contributed by atoms with van der Waals surface area (Å²) in [5, 5.41) is 6.71. The Hall–Kier alpha value is -3.16. The Morgan fingerprint density at radius 3 is 2.52 bits per heavy atom. The van der Waals surface area contributed by atoms with Crippen molar-refractivity contribution in [2.75, 3.05) is 0 Å². The second-order valence-electron chi connectivity index (χ2n) is 6.74. The summed E-state index contributed by atoms with van der Waals surface area (Å²) >= 11 is 0. The Morgan fingerprint density at radius 1 is 1.14 bits per heavy atom. The van der Waals surface area contributed by atoms with Crippen molar-refractivity contribution >= 4 is 5.91 Å². The molecule has 0 saturated heterocycles. The molecule has 0 radical (unpaired) electrons. The van der Waals surface area contributed by atoms with Crippen molar-refractivity contribution in [3.05, 3.63) is 71.6 Å².